The molecule has 0 aliphatic carbocycles. The first kappa shape index (κ1) is 24.6. The van der Waals surface area contributed by atoms with Crippen LogP contribution in [0.15, 0.2) is 24.3 Å². The molecule has 0 radical (unpaired) electrons. The van der Waals surface area contributed by atoms with Gasteiger partial charge >= 0.3 is 6.09 Å². The number of halogens is 1. The van der Waals surface area contributed by atoms with Crippen molar-refractivity contribution in [3.05, 3.63) is 24.3 Å². The quantitative estimate of drug-likeness (QED) is 0.449. The summed E-state index contributed by atoms with van der Waals surface area (Å²) in [5, 5.41) is 0. The summed E-state index contributed by atoms with van der Waals surface area (Å²) < 4.78 is 11.4. The zero-order chi connectivity index (χ0) is 19.3. The molecule has 28 heavy (non-hydrogen) atoms. The molecule has 5 nitrogen and oxygen atoms in total. The zero-order valence-electron chi connectivity index (χ0n) is 17.5. The smallest absolute Gasteiger partial charge is 0.414 e. The van der Waals surface area contributed by atoms with Gasteiger partial charge in [-0.05, 0) is 44.5 Å². The Morgan fingerprint density at radius 2 is 1.75 bits per heavy atom. The lowest BCUT2D eigenvalue weighted by atomic mass is 10.1. The monoisotopic (exact) mass is 412 g/mol. The fourth-order valence-corrected chi connectivity index (χ4v) is 3.38. The van der Waals surface area contributed by atoms with Gasteiger partial charge in [0.1, 0.15) is 12.4 Å². The summed E-state index contributed by atoms with van der Waals surface area (Å²) in [6, 6.07) is 7.67. The van der Waals surface area contributed by atoms with E-state index in [1.54, 1.807) is 11.9 Å². The molecule has 0 N–H and O–H groups in total. The molecule has 1 aliphatic heterocycles. The van der Waals surface area contributed by atoms with Gasteiger partial charge in [-0.3, -0.25) is 9.80 Å². The van der Waals surface area contributed by atoms with Gasteiger partial charge in [0.25, 0.3) is 0 Å². The fourth-order valence-electron chi connectivity index (χ4n) is 3.38. The van der Waals surface area contributed by atoms with Crippen molar-refractivity contribution in [2.24, 2.45) is 0 Å². The summed E-state index contributed by atoms with van der Waals surface area (Å²) in [6.07, 6.45) is 9.48. The first-order chi connectivity index (χ1) is 13.2. The van der Waals surface area contributed by atoms with Crippen molar-refractivity contribution >= 4 is 24.2 Å². The van der Waals surface area contributed by atoms with E-state index in [4.69, 9.17) is 9.47 Å². The molecule has 0 atom stereocenters. The molecule has 0 saturated carbocycles. The number of hydrogen-bond acceptors (Lipinski definition) is 4. The molecule has 1 saturated heterocycles. The normalized spacial score (nSPS) is 14.2. The van der Waals surface area contributed by atoms with Crippen molar-refractivity contribution in [2.45, 2.75) is 58.3 Å². The Balaban J connectivity index is 0.00000392. The highest BCUT2D eigenvalue weighted by Crippen LogP contribution is 2.27. The average molecular weight is 413 g/mol. The molecule has 0 unspecified atom stereocenters. The molecule has 1 heterocycles. The lowest BCUT2D eigenvalue weighted by Crippen LogP contribution is -2.35. The van der Waals surface area contributed by atoms with Crippen molar-refractivity contribution in [3.63, 3.8) is 0 Å². The second-order valence-electron chi connectivity index (χ2n) is 7.31. The van der Waals surface area contributed by atoms with E-state index >= 15 is 0 Å². The first-order valence-electron chi connectivity index (χ1n) is 10.6. The third-order valence-corrected chi connectivity index (χ3v) is 5.09. The van der Waals surface area contributed by atoms with Crippen molar-refractivity contribution in [3.8, 4) is 5.75 Å². The number of anilines is 1. The molecule has 1 aromatic rings. The van der Waals surface area contributed by atoms with E-state index in [0.717, 1.165) is 37.5 Å². The molecule has 1 aromatic carbocycles. The van der Waals surface area contributed by atoms with Crippen molar-refractivity contribution in [1.29, 1.82) is 0 Å². The van der Waals surface area contributed by atoms with Gasteiger partial charge in [0, 0.05) is 13.6 Å². The highest BCUT2D eigenvalue weighted by Gasteiger charge is 2.17. The topological polar surface area (TPSA) is 42.0 Å². The number of ether oxygens (including phenoxy) is 2. The van der Waals surface area contributed by atoms with Gasteiger partial charge in [-0.1, -0.05) is 51.2 Å². The number of piperidine rings is 1. The van der Waals surface area contributed by atoms with Crippen molar-refractivity contribution in [2.75, 3.05) is 44.8 Å². The maximum absolute atomic E-state index is 12.4. The van der Waals surface area contributed by atoms with Crippen LogP contribution < -0.4 is 9.64 Å². The Labute approximate surface area is 176 Å². The maximum Gasteiger partial charge on any atom is 0.414 e. The van der Waals surface area contributed by atoms with Gasteiger partial charge in [-0.25, -0.2) is 4.79 Å². The minimum absolute atomic E-state index is 0. The van der Waals surface area contributed by atoms with E-state index < -0.39 is 0 Å². The second kappa shape index (κ2) is 14.5. The molecular weight excluding hydrogens is 376 g/mol. The van der Waals surface area contributed by atoms with Gasteiger partial charge in [0.15, 0.2) is 0 Å². The van der Waals surface area contributed by atoms with Gasteiger partial charge in [0.05, 0.1) is 12.3 Å². The summed E-state index contributed by atoms with van der Waals surface area (Å²) in [5.74, 6) is 0.739. The minimum Gasteiger partial charge on any atom is -0.491 e. The Hall–Kier alpha value is -1.46. The summed E-state index contributed by atoms with van der Waals surface area (Å²) in [7, 11) is 1.74. The molecule has 0 spiro atoms. The number of carbonyl (C=O) groups excluding carboxylic acids is 1. The molecule has 1 fully saturated rings. The number of rotatable bonds is 11. The SMILES string of the molecule is CCCCCCCOc1ccccc1N(C)C(=O)OCCN1CCCCC1.Cl. The zero-order valence-corrected chi connectivity index (χ0v) is 18.3. The molecule has 0 bridgehead atoms. The number of carbonyl (C=O) groups is 1. The van der Waals surface area contributed by atoms with Crippen LogP contribution in [0.3, 0.4) is 0 Å². The predicted octanol–water partition coefficient (Wildman–Crippen LogP) is 5.52. The highest BCUT2D eigenvalue weighted by atomic mass is 35.5. The Morgan fingerprint density at radius 3 is 2.50 bits per heavy atom. The lowest BCUT2D eigenvalue weighted by molar-refractivity contribution is 0.127. The van der Waals surface area contributed by atoms with E-state index in [9.17, 15) is 4.79 Å². The molecule has 6 heteroatoms. The van der Waals surface area contributed by atoms with Crippen molar-refractivity contribution < 1.29 is 14.3 Å². The van der Waals surface area contributed by atoms with E-state index in [0.29, 0.717) is 13.2 Å². The fraction of sp³-hybridized carbons (Fsp3) is 0.682. The molecule has 2 rings (SSSR count). The van der Waals surface area contributed by atoms with E-state index in [-0.39, 0.29) is 18.5 Å². The largest absolute Gasteiger partial charge is 0.491 e. The average Bonchev–Trinajstić information content (AvgIpc) is 2.71. The predicted molar refractivity (Wildman–Crippen MR) is 118 cm³/mol. The number of likely N-dealkylation sites (tertiary alicyclic amines) is 1. The lowest BCUT2D eigenvalue weighted by Gasteiger charge is -2.26. The van der Waals surface area contributed by atoms with Crippen LogP contribution in [0.25, 0.3) is 0 Å². The van der Waals surface area contributed by atoms with Crippen LogP contribution in [0.2, 0.25) is 0 Å². The summed E-state index contributed by atoms with van der Waals surface area (Å²) in [4.78, 5) is 16.3. The van der Waals surface area contributed by atoms with Gasteiger partial charge in [-0.15, -0.1) is 12.4 Å². The van der Waals surface area contributed by atoms with Gasteiger partial charge in [0.2, 0.25) is 0 Å². The minimum atomic E-state index is -0.328. The van der Waals surface area contributed by atoms with Gasteiger partial charge in [-0.2, -0.15) is 0 Å². The van der Waals surface area contributed by atoms with Crippen LogP contribution in [0.5, 0.6) is 5.75 Å². The summed E-state index contributed by atoms with van der Waals surface area (Å²) in [5.41, 5.74) is 0.758. The number of hydrogen-bond donors (Lipinski definition) is 0. The Kier molecular flexibility index (Phi) is 12.8. The first-order valence-corrected chi connectivity index (χ1v) is 10.6. The van der Waals surface area contributed by atoms with E-state index in [1.807, 2.05) is 24.3 Å². The molecular formula is C22H37ClN2O3. The summed E-state index contributed by atoms with van der Waals surface area (Å²) >= 11 is 0. The number of para-hydroxylation sites is 2. The maximum atomic E-state index is 12.4. The summed E-state index contributed by atoms with van der Waals surface area (Å²) in [6.45, 7) is 6.37. The Morgan fingerprint density at radius 1 is 1.04 bits per heavy atom. The Bertz CT molecular complexity index is 550. The van der Waals surface area contributed by atoms with Crippen LogP contribution in [0, 0.1) is 0 Å². The van der Waals surface area contributed by atoms with Gasteiger partial charge < -0.3 is 9.47 Å². The van der Waals surface area contributed by atoms with Crippen LogP contribution >= 0.6 is 12.4 Å². The van der Waals surface area contributed by atoms with E-state index in [1.165, 1.54) is 44.9 Å². The number of nitrogens with zero attached hydrogens (tertiary/aromatic N) is 2. The van der Waals surface area contributed by atoms with Crippen LogP contribution in [-0.2, 0) is 4.74 Å². The number of amides is 1. The third kappa shape index (κ3) is 8.70. The van der Waals surface area contributed by atoms with Crippen molar-refractivity contribution in [1.82, 2.24) is 4.90 Å². The van der Waals surface area contributed by atoms with E-state index in [2.05, 4.69) is 11.8 Å². The standard InChI is InChI=1S/C22H36N2O3.ClH/c1-3-4-5-6-12-18-26-21-14-9-8-13-20(21)23(2)22(25)27-19-17-24-15-10-7-11-16-24;/h8-9,13-14H,3-7,10-12,15-19H2,1-2H3;1H. The number of unbranched alkanes of at least 4 members (excludes halogenated alkanes) is 4. The molecule has 0 aromatic heterocycles. The number of benzene rings is 1. The van der Waals surface area contributed by atoms with Crippen LogP contribution in [0.1, 0.15) is 58.3 Å². The molecule has 160 valence electrons. The van der Waals surface area contributed by atoms with Crippen LogP contribution in [0.4, 0.5) is 10.5 Å². The van der Waals surface area contributed by atoms with Crippen LogP contribution in [-0.4, -0.2) is 50.9 Å². The molecule has 1 amide bonds. The highest BCUT2D eigenvalue weighted by molar-refractivity contribution is 5.89. The molecule has 1 aliphatic rings. The second-order valence-corrected chi connectivity index (χ2v) is 7.31. The third-order valence-electron chi connectivity index (χ3n) is 5.09.